The number of aromatic nitrogens is 2. The van der Waals surface area contributed by atoms with Crippen molar-refractivity contribution in [3.05, 3.63) is 124 Å². The molecule has 0 atom stereocenters. The zero-order chi connectivity index (χ0) is 21.6. The average Bonchev–Trinajstić information content (AvgIpc) is 3.31. The third kappa shape index (κ3) is 4.84. The first kappa shape index (κ1) is 20.0. The molecule has 0 aliphatic heterocycles. The summed E-state index contributed by atoms with van der Waals surface area (Å²) >= 11 is 0. The first-order chi connectivity index (χ1) is 15.1. The number of carbonyl (C=O) groups is 1. The van der Waals surface area contributed by atoms with E-state index >= 15 is 0 Å². The van der Waals surface area contributed by atoms with Gasteiger partial charge in [-0.05, 0) is 29.3 Å². The fourth-order valence-corrected chi connectivity index (χ4v) is 3.27. The second-order valence-corrected chi connectivity index (χ2v) is 7.06. The first-order valence-corrected chi connectivity index (χ1v) is 9.77. The van der Waals surface area contributed by atoms with Crippen LogP contribution in [-0.4, -0.2) is 20.5 Å². The molecule has 1 heterocycles. The highest BCUT2D eigenvalue weighted by Gasteiger charge is 2.18. The Labute approximate surface area is 179 Å². The van der Waals surface area contributed by atoms with Crippen LogP contribution in [0.2, 0.25) is 0 Å². The Morgan fingerprint density at radius 3 is 2.35 bits per heavy atom. The molecule has 0 fully saturated rings. The molecule has 0 spiro atoms. The van der Waals surface area contributed by atoms with Crippen LogP contribution in [0.25, 0.3) is 0 Å². The van der Waals surface area contributed by atoms with E-state index in [1.54, 1.807) is 42.6 Å². The van der Waals surface area contributed by atoms with Gasteiger partial charge in [0.25, 0.3) is 5.69 Å². The topological polar surface area (TPSA) is 90.1 Å². The predicted octanol–water partition coefficient (Wildman–Crippen LogP) is 4.68. The Balaban J connectivity index is 1.46. The van der Waals surface area contributed by atoms with Gasteiger partial charge in [0, 0.05) is 36.1 Å². The highest BCUT2D eigenvalue weighted by molar-refractivity contribution is 6.09. The molecule has 7 nitrogen and oxygen atoms in total. The molecule has 31 heavy (non-hydrogen) atoms. The summed E-state index contributed by atoms with van der Waals surface area (Å²) in [5.74, 6) is -0.247. The summed E-state index contributed by atoms with van der Waals surface area (Å²) in [6.07, 6.45) is 3.64. The van der Waals surface area contributed by atoms with E-state index in [4.69, 9.17) is 0 Å². The Morgan fingerprint density at radius 1 is 0.935 bits per heavy atom. The van der Waals surface area contributed by atoms with Crippen LogP contribution in [0.15, 0.2) is 91.3 Å². The molecule has 0 aliphatic carbocycles. The number of anilines is 1. The molecule has 0 bridgehead atoms. The van der Waals surface area contributed by atoms with Crippen molar-refractivity contribution in [2.75, 3.05) is 5.32 Å². The smallest absolute Gasteiger partial charge is 0.293 e. The minimum absolute atomic E-state index is 0.128. The number of benzene rings is 3. The van der Waals surface area contributed by atoms with Gasteiger partial charge in [-0.3, -0.25) is 19.6 Å². The number of hydrogen-bond acceptors (Lipinski definition) is 5. The van der Waals surface area contributed by atoms with Crippen LogP contribution < -0.4 is 5.32 Å². The lowest BCUT2D eigenvalue weighted by Gasteiger charge is -2.10. The second-order valence-electron chi connectivity index (χ2n) is 7.06. The molecule has 0 saturated heterocycles. The lowest BCUT2D eigenvalue weighted by molar-refractivity contribution is -0.384. The molecule has 7 heteroatoms. The normalized spacial score (nSPS) is 10.6. The highest BCUT2D eigenvalue weighted by atomic mass is 16.6. The van der Waals surface area contributed by atoms with E-state index in [2.05, 4.69) is 10.4 Å². The maximum Gasteiger partial charge on any atom is 0.293 e. The summed E-state index contributed by atoms with van der Waals surface area (Å²) < 4.78 is 1.84. The molecule has 1 aromatic heterocycles. The standard InChI is InChI=1S/C24H20N4O3/c29-24(20-5-2-1-3-6-20)21-11-12-22(23(15-21)28(30)31)25-16-18-7-9-19(10-8-18)17-27-14-4-13-26-27/h1-15,25H,16-17H2. The number of nitrogens with zero attached hydrogens (tertiary/aromatic N) is 3. The number of rotatable bonds is 8. The Hall–Kier alpha value is -4.26. The lowest BCUT2D eigenvalue weighted by Crippen LogP contribution is -2.06. The van der Waals surface area contributed by atoms with E-state index in [-0.39, 0.29) is 17.0 Å². The fourth-order valence-electron chi connectivity index (χ4n) is 3.27. The van der Waals surface area contributed by atoms with Gasteiger partial charge in [0.15, 0.2) is 5.78 Å². The molecule has 3 aromatic carbocycles. The van der Waals surface area contributed by atoms with Gasteiger partial charge in [-0.25, -0.2) is 0 Å². The molecule has 154 valence electrons. The van der Waals surface area contributed by atoms with E-state index in [0.29, 0.717) is 24.3 Å². The van der Waals surface area contributed by atoms with Gasteiger partial charge in [-0.2, -0.15) is 5.10 Å². The van der Waals surface area contributed by atoms with Crippen molar-refractivity contribution in [2.24, 2.45) is 0 Å². The van der Waals surface area contributed by atoms with Gasteiger partial charge in [0.2, 0.25) is 0 Å². The predicted molar refractivity (Wildman–Crippen MR) is 118 cm³/mol. The van der Waals surface area contributed by atoms with Crippen LogP contribution in [0.1, 0.15) is 27.0 Å². The van der Waals surface area contributed by atoms with Crippen LogP contribution in [0, 0.1) is 10.1 Å². The molecular weight excluding hydrogens is 392 g/mol. The monoisotopic (exact) mass is 412 g/mol. The van der Waals surface area contributed by atoms with Crippen LogP contribution >= 0.6 is 0 Å². The van der Waals surface area contributed by atoms with E-state index in [1.807, 2.05) is 47.3 Å². The molecule has 1 N–H and O–H groups in total. The van der Waals surface area contributed by atoms with Gasteiger partial charge >= 0.3 is 0 Å². The summed E-state index contributed by atoms with van der Waals surface area (Å²) in [6.45, 7) is 1.11. The van der Waals surface area contributed by atoms with Gasteiger partial charge < -0.3 is 5.32 Å². The lowest BCUT2D eigenvalue weighted by atomic mass is 10.0. The van der Waals surface area contributed by atoms with Crippen molar-refractivity contribution in [2.45, 2.75) is 13.1 Å². The van der Waals surface area contributed by atoms with E-state index in [9.17, 15) is 14.9 Å². The molecule has 4 aromatic rings. The van der Waals surface area contributed by atoms with Crippen molar-refractivity contribution in [3.8, 4) is 0 Å². The minimum Gasteiger partial charge on any atom is -0.375 e. The van der Waals surface area contributed by atoms with E-state index < -0.39 is 4.92 Å². The molecule has 0 radical (unpaired) electrons. The summed E-state index contributed by atoms with van der Waals surface area (Å²) in [4.78, 5) is 23.7. The van der Waals surface area contributed by atoms with E-state index in [1.165, 1.54) is 6.07 Å². The zero-order valence-corrected chi connectivity index (χ0v) is 16.6. The highest BCUT2D eigenvalue weighted by Crippen LogP contribution is 2.27. The zero-order valence-electron chi connectivity index (χ0n) is 16.6. The molecule has 0 saturated carbocycles. The molecule has 0 amide bonds. The van der Waals surface area contributed by atoms with Gasteiger partial charge in [-0.1, -0.05) is 54.6 Å². The van der Waals surface area contributed by atoms with Crippen molar-refractivity contribution < 1.29 is 9.72 Å². The molecule has 4 rings (SSSR count). The SMILES string of the molecule is O=C(c1ccccc1)c1ccc(NCc2ccc(Cn3cccn3)cc2)c([N+](=O)[O-])c1. The Morgan fingerprint density at radius 2 is 1.68 bits per heavy atom. The minimum atomic E-state index is -0.475. The number of nitrogens with one attached hydrogen (secondary N) is 1. The molecular formula is C24H20N4O3. The summed E-state index contributed by atoms with van der Waals surface area (Å²) in [7, 11) is 0. The number of ketones is 1. The second kappa shape index (κ2) is 9.04. The average molecular weight is 412 g/mol. The third-order valence-corrected chi connectivity index (χ3v) is 4.90. The van der Waals surface area contributed by atoms with Crippen LogP contribution in [0.5, 0.6) is 0 Å². The summed E-state index contributed by atoms with van der Waals surface area (Å²) in [5.41, 5.74) is 3.12. The van der Waals surface area contributed by atoms with Crippen molar-refractivity contribution in [1.29, 1.82) is 0 Å². The largest absolute Gasteiger partial charge is 0.375 e. The quantitative estimate of drug-likeness (QED) is 0.258. The molecule has 0 unspecified atom stereocenters. The fraction of sp³-hybridized carbons (Fsp3) is 0.0833. The first-order valence-electron chi connectivity index (χ1n) is 9.77. The van der Waals surface area contributed by atoms with Crippen molar-refractivity contribution in [1.82, 2.24) is 9.78 Å². The Bertz CT molecular complexity index is 1190. The molecule has 0 aliphatic rings. The van der Waals surface area contributed by atoms with Crippen LogP contribution in [0.4, 0.5) is 11.4 Å². The summed E-state index contributed by atoms with van der Waals surface area (Å²) in [5, 5.41) is 18.9. The number of carbonyl (C=O) groups excluding carboxylic acids is 1. The van der Waals surface area contributed by atoms with Crippen molar-refractivity contribution in [3.63, 3.8) is 0 Å². The van der Waals surface area contributed by atoms with Gasteiger partial charge in [0.1, 0.15) is 5.69 Å². The van der Waals surface area contributed by atoms with Crippen LogP contribution in [-0.2, 0) is 13.1 Å². The number of hydrogen-bond donors (Lipinski definition) is 1. The van der Waals surface area contributed by atoms with E-state index in [0.717, 1.165) is 11.1 Å². The number of nitro benzene ring substituents is 1. The van der Waals surface area contributed by atoms with Gasteiger partial charge in [-0.15, -0.1) is 0 Å². The van der Waals surface area contributed by atoms with Gasteiger partial charge in [0.05, 0.1) is 11.5 Å². The van der Waals surface area contributed by atoms with Crippen molar-refractivity contribution >= 4 is 17.2 Å². The maximum absolute atomic E-state index is 12.6. The maximum atomic E-state index is 12.6. The summed E-state index contributed by atoms with van der Waals surface area (Å²) in [6, 6.07) is 23.1. The Kier molecular flexibility index (Phi) is 5.84. The number of nitro groups is 1. The van der Waals surface area contributed by atoms with Crippen LogP contribution in [0.3, 0.4) is 0 Å². The third-order valence-electron chi connectivity index (χ3n) is 4.90.